The average molecular weight is 606 g/mol. The fourth-order valence-electron chi connectivity index (χ4n) is 4.80. The molecular formula is C27H42F3N5O7. The van der Waals surface area contributed by atoms with Crippen molar-refractivity contribution in [2.45, 2.75) is 91.2 Å². The number of hydrogen-bond donors (Lipinski definition) is 2. The highest BCUT2D eigenvalue weighted by atomic mass is 19.4. The summed E-state index contributed by atoms with van der Waals surface area (Å²) >= 11 is 0. The maximum absolute atomic E-state index is 13.5. The molecule has 12 nitrogen and oxygen atoms in total. The summed E-state index contributed by atoms with van der Waals surface area (Å²) in [4.78, 5) is 79.7. The number of nitrogens with zero attached hydrogens (tertiary/aromatic N) is 3. The molecule has 0 aromatic heterocycles. The number of amides is 5. The molecule has 2 heterocycles. The Hall–Kier alpha value is -3.39. The number of halogens is 3. The molecule has 2 fully saturated rings. The van der Waals surface area contributed by atoms with E-state index < -0.39 is 77.2 Å². The van der Waals surface area contributed by atoms with E-state index in [2.05, 4.69) is 10.6 Å². The van der Waals surface area contributed by atoms with Crippen molar-refractivity contribution in [3.63, 3.8) is 0 Å². The lowest BCUT2D eigenvalue weighted by atomic mass is 9.98. The molecule has 5 amide bonds. The van der Waals surface area contributed by atoms with Gasteiger partial charge in [-0.05, 0) is 45.4 Å². The lowest BCUT2D eigenvalue weighted by molar-refractivity contribution is -0.175. The monoisotopic (exact) mass is 605 g/mol. The number of urea groups is 1. The van der Waals surface area contributed by atoms with E-state index in [-0.39, 0.29) is 39.1 Å². The highest BCUT2D eigenvalue weighted by molar-refractivity contribution is 5.97. The number of alkyl halides is 3. The number of likely N-dealkylation sites (tertiary alicyclic amines) is 1. The molecule has 2 rings (SSSR count). The van der Waals surface area contributed by atoms with E-state index >= 15 is 0 Å². The molecule has 2 aliphatic rings. The molecule has 0 unspecified atom stereocenters. The van der Waals surface area contributed by atoms with Crippen molar-refractivity contribution in [2.75, 3.05) is 32.7 Å². The average Bonchev–Trinajstić information content (AvgIpc) is 3.46. The minimum atomic E-state index is -5.14. The molecule has 2 saturated heterocycles. The number of nitrogens with one attached hydrogen (secondary N) is 2. The van der Waals surface area contributed by atoms with Gasteiger partial charge in [-0.3, -0.25) is 24.0 Å². The molecule has 42 heavy (non-hydrogen) atoms. The third-order valence-corrected chi connectivity index (χ3v) is 6.87. The standard InChI is InChI=1S/C27H42F3N5O7/c1-15(2)20(22(38)27(28,29)30)32-23(39)17-9-8-10-35(17)24(40)21(16(3)4)31-18(36)13-33-11-12-34(25(33)41)14-19(37)42-26(5,6)7/h15-17,20-21H,8-14H2,1-7H3,(H,31,36)(H,32,39)/t17-,20-,21-/m0/s1. The molecule has 0 saturated carbocycles. The van der Waals surface area contributed by atoms with Crippen LogP contribution in [0, 0.1) is 11.8 Å². The fourth-order valence-corrected chi connectivity index (χ4v) is 4.80. The van der Waals surface area contributed by atoms with E-state index in [9.17, 15) is 41.9 Å². The third-order valence-electron chi connectivity index (χ3n) is 6.87. The minimum Gasteiger partial charge on any atom is -0.459 e. The van der Waals surface area contributed by atoms with Crippen LogP contribution in [-0.4, -0.2) is 113 Å². The largest absolute Gasteiger partial charge is 0.459 e. The predicted octanol–water partition coefficient (Wildman–Crippen LogP) is 1.47. The van der Waals surface area contributed by atoms with Gasteiger partial charge >= 0.3 is 18.2 Å². The molecule has 0 aromatic carbocycles. The number of hydrogen-bond acceptors (Lipinski definition) is 7. The van der Waals surface area contributed by atoms with Gasteiger partial charge < -0.3 is 30.1 Å². The SMILES string of the molecule is CC(C)[C@H](NC(=O)CN1CCN(CC(=O)OC(C)(C)C)C1=O)C(=O)N1CCC[C@H]1C(=O)N[C@H](C(=O)C(F)(F)F)C(C)C. The van der Waals surface area contributed by atoms with Gasteiger partial charge in [0.1, 0.15) is 30.8 Å². The van der Waals surface area contributed by atoms with Crippen molar-refractivity contribution in [1.29, 1.82) is 0 Å². The van der Waals surface area contributed by atoms with Crippen LogP contribution in [0.5, 0.6) is 0 Å². The van der Waals surface area contributed by atoms with Crippen molar-refractivity contribution in [2.24, 2.45) is 11.8 Å². The first-order valence-corrected chi connectivity index (χ1v) is 14.0. The molecule has 2 N–H and O–H groups in total. The summed E-state index contributed by atoms with van der Waals surface area (Å²) in [7, 11) is 0. The summed E-state index contributed by atoms with van der Waals surface area (Å²) in [5.74, 6) is -6.04. The number of carbonyl (C=O) groups is 6. The van der Waals surface area contributed by atoms with Crippen molar-refractivity contribution in [3.05, 3.63) is 0 Å². The lowest BCUT2D eigenvalue weighted by Gasteiger charge is -2.32. The van der Waals surface area contributed by atoms with E-state index in [1.807, 2.05) is 0 Å². The predicted molar refractivity (Wildman–Crippen MR) is 144 cm³/mol. The molecule has 2 aliphatic heterocycles. The fraction of sp³-hybridized carbons (Fsp3) is 0.778. The van der Waals surface area contributed by atoms with Crippen LogP contribution in [0.4, 0.5) is 18.0 Å². The normalized spacial score (nSPS) is 19.3. The second kappa shape index (κ2) is 13.7. The highest BCUT2D eigenvalue weighted by Gasteiger charge is 2.47. The van der Waals surface area contributed by atoms with Crippen molar-refractivity contribution < 1.29 is 46.7 Å². The smallest absolute Gasteiger partial charge is 0.452 e. The Morgan fingerprint density at radius 1 is 0.881 bits per heavy atom. The Labute approximate surface area is 243 Å². The van der Waals surface area contributed by atoms with E-state index in [4.69, 9.17) is 4.74 Å². The van der Waals surface area contributed by atoms with Crippen LogP contribution in [0.15, 0.2) is 0 Å². The van der Waals surface area contributed by atoms with Crippen LogP contribution in [-0.2, 0) is 28.7 Å². The van der Waals surface area contributed by atoms with Crippen molar-refractivity contribution >= 4 is 35.5 Å². The molecule has 238 valence electrons. The second-order valence-corrected chi connectivity index (χ2v) is 12.3. The van der Waals surface area contributed by atoms with Crippen LogP contribution >= 0.6 is 0 Å². The van der Waals surface area contributed by atoms with E-state index in [1.165, 1.54) is 28.5 Å². The first kappa shape index (κ1) is 34.8. The number of Topliss-reactive ketones (excluding diaryl/α,β-unsaturated/α-hetero) is 1. The molecule has 15 heteroatoms. The number of ether oxygens (including phenoxy) is 1. The maximum atomic E-state index is 13.5. The van der Waals surface area contributed by atoms with Gasteiger partial charge in [0.05, 0.1) is 6.04 Å². The Balaban J connectivity index is 2.04. The third kappa shape index (κ3) is 9.31. The number of rotatable bonds is 11. The van der Waals surface area contributed by atoms with Gasteiger partial charge in [-0.15, -0.1) is 0 Å². The second-order valence-electron chi connectivity index (χ2n) is 12.3. The molecule has 0 radical (unpaired) electrons. The van der Waals surface area contributed by atoms with Crippen LogP contribution < -0.4 is 10.6 Å². The van der Waals surface area contributed by atoms with Crippen LogP contribution in [0.25, 0.3) is 0 Å². The van der Waals surface area contributed by atoms with E-state index in [0.717, 1.165) is 0 Å². The quantitative estimate of drug-likeness (QED) is 0.339. The zero-order chi connectivity index (χ0) is 32.2. The Morgan fingerprint density at radius 2 is 1.43 bits per heavy atom. The first-order chi connectivity index (χ1) is 19.2. The zero-order valence-electron chi connectivity index (χ0n) is 25.2. The van der Waals surface area contributed by atoms with Gasteiger partial charge in [-0.2, -0.15) is 13.2 Å². The summed E-state index contributed by atoms with van der Waals surface area (Å²) in [6.45, 7) is 11.1. The zero-order valence-corrected chi connectivity index (χ0v) is 25.2. The van der Waals surface area contributed by atoms with Gasteiger partial charge in [0.2, 0.25) is 17.7 Å². The summed E-state index contributed by atoms with van der Waals surface area (Å²) in [5, 5.41) is 4.79. The topological polar surface area (TPSA) is 145 Å². The number of carbonyl (C=O) groups excluding carboxylic acids is 6. The van der Waals surface area contributed by atoms with Gasteiger partial charge in [0.15, 0.2) is 0 Å². The molecular weight excluding hydrogens is 563 g/mol. The van der Waals surface area contributed by atoms with Crippen LogP contribution in [0.1, 0.15) is 61.3 Å². The van der Waals surface area contributed by atoms with Crippen molar-refractivity contribution in [3.8, 4) is 0 Å². The van der Waals surface area contributed by atoms with Crippen molar-refractivity contribution in [1.82, 2.24) is 25.3 Å². The lowest BCUT2D eigenvalue weighted by Crippen LogP contribution is -2.58. The van der Waals surface area contributed by atoms with Crippen LogP contribution in [0.2, 0.25) is 0 Å². The molecule has 0 aromatic rings. The molecule has 0 bridgehead atoms. The van der Waals surface area contributed by atoms with Gasteiger partial charge in [-0.1, -0.05) is 27.7 Å². The highest BCUT2D eigenvalue weighted by Crippen LogP contribution is 2.24. The number of esters is 1. The van der Waals surface area contributed by atoms with Gasteiger partial charge in [-0.25, -0.2) is 4.79 Å². The first-order valence-electron chi connectivity index (χ1n) is 14.0. The number of ketones is 1. The van der Waals surface area contributed by atoms with E-state index in [0.29, 0.717) is 6.42 Å². The molecule has 0 spiro atoms. The van der Waals surface area contributed by atoms with E-state index in [1.54, 1.807) is 34.6 Å². The van der Waals surface area contributed by atoms with Crippen LogP contribution in [0.3, 0.4) is 0 Å². The minimum absolute atomic E-state index is 0.139. The Kier molecular flexibility index (Phi) is 11.4. The van der Waals surface area contributed by atoms with Gasteiger partial charge in [0, 0.05) is 19.6 Å². The summed E-state index contributed by atoms with van der Waals surface area (Å²) in [5.41, 5.74) is -0.719. The summed E-state index contributed by atoms with van der Waals surface area (Å²) in [6.07, 6.45) is -4.56. The summed E-state index contributed by atoms with van der Waals surface area (Å²) in [6, 6.07) is -4.53. The maximum Gasteiger partial charge on any atom is 0.452 e. The molecule has 3 atom stereocenters. The summed E-state index contributed by atoms with van der Waals surface area (Å²) < 4.78 is 44.4. The molecule has 0 aliphatic carbocycles. The Bertz CT molecular complexity index is 1060. The Morgan fingerprint density at radius 3 is 1.93 bits per heavy atom. The van der Waals surface area contributed by atoms with Gasteiger partial charge in [0.25, 0.3) is 5.78 Å².